The van der Waals surface area contributed by atoms with E-state index in [-0.39, 0.29) is 18.6 Å². The van der Waals surface area contributed by atoms with E-state index in [0.717, 1.165) is 34.4 Å². The van der Waals surface area contributed by atoms with Gasteiger partial charge < -0.3 is 30.3 Å². The van der Waals surface area contributed by atoms with Gasteiger partial charge in [0.25, 0.3) is 0 Å². The standard InChI is InChI=1S/C30H33N7O3/c1-36(2)14-4-7-28(39)33-23-12-13-31-27(17-23)26-6-3-5-21-18-32-30(35-29(21)26)34-22-8-10-24(11-9-22)37-15-16-40-25(19-37)20-38/h3-13,17-18,25,38H,14-16,19-20H2,1-2H3,(H,31,33,39)(H,32,34,35)/b7-4+. The summed E-state index contributed by atoms with van der Waals surface area (Å²) in [6.07, 6.45) is 6.64. The molecule has 1 fully saturated rings. The molecule has 3 N–H and O–H groups in total. The molecule has 4 aromatic rings. The Morgan fingerprint density at radius 3 is 2.80 bits per heavy atom. The molecule has 1 amide bonds. The van der Waals surface area contributed by atoms with E-state index in [4.69, 9.17) is 9.72 Å². The maximum atomic E-state index is 12.3. The average molecular weight is 540 g/mol. The highest BCUT2D eigenvalue weighted by molar-refractivity contribution is 6.00. The first-order chi connectivity index (χ1) is 19.5. The number of para-hydroxylation sites is 1. The van der Waals surface area contributed by atoms with Crippen LogP contribution in [0.1, 0.15) is 0 Å². The number of carbonyl (C=O) groups excluding carboxylic acids is 1. The van der Waals surface area contributed by atoms with E-state index >= 15 is 0 Å². The van der Waals surface area contributed by atoms with Crippen LogP contribution >= 0.6 is 0 Å². The van der Waals surface area contributed by atoms with Crippen molar-refractivity contribution in [2.24, 2.45) is 0 Å². The molecule has 10 heteroatoms. The highest BCUT2D eigenvalue weighted by Crippen LogP contribution is 2.29. The van der Waals surface area contributed by atoms with Gasteiger partial charge in [0.05, 0.1) is 30.5 Å². The van der Waals surface area contributed by atoms with Crippen LogP contribution in [0.2, 0.25) is 0 Å². The molecule has 3 heterocycles. The number of hydrogen-bond donors (Lipinski definition) is 3. The predicted octanol–water partition coefficient (Wildman–Crippen LogP) is 3.69. The summed E-state index contributed by atoms with van der Waals surface area (Å²) in [5.74, 6) is 0.272. The zero-order valence-electron chi connectivity index (χ0n) is 22.6. The molecule has 206 valence electrons. The first kappa shape index (κ1) is 27.2. The summed E-state index contributed by atoms with van der Waals surface area (Å²) in [4.78, 5) is 30.4. The van der Waals surface area contributed by atoms with Crippen LogP contribution in [0.4, 0.5) is 23.0 Å². The van der Waals surface area contributed by atoms with E-state index < -0.39 is 0 Å². The van der Waals surface area contributed by atoms with Gasteiger partial charge in [0, 0.05) is 66.1 Å². The maximum Gasteiger partial charge on any atom is 0.248 e. The van der Waals surface area contributed by atoms with Crippen LogP contribution < -0.4 is 15.5 Å². The number of aliphatic hydroxyl groups excluding tert-OH is 1. The Kier molecular flexibility index (Phi) is 8.60. The summed E-state index contributed by atoms with van der Waals surface area (Å²) < 4.78 is 5.56. The van der Waals surface area contributed by atoms with Crippen molar-refractivity contribution in [1.82, 2.24) is 19.9 Å². The Morgan fingerprint density at radius 2 is 2.00 bits per heavy atom. The largest absolute Gasteiger partial charge is 0.394 e. The number of ether oxygens (including phenoxy) is 1. The highest BCUT2D eigenvalue weighted by Gasteiger charge is 2.20. The molecule has 1 atom stereocenters. The molecule has 1 saturated heterocycles. The van der Waals surface area contributed by atoms with E-state index in [1.165, 1.54) is 6.08 Å². The molecule has 1 aliphatic heterocycles. The number of amides is 1. The minimum atomic E-state index is -0.196. The number of nitrogens with one attached hydrogen (secondary N) is 2. The van der Waals surface area contributed by atoms with Gasteiger partial charge in [0.1, 0.15) is 0 Å². The number of benzene rings is 2. The number of fused-ring (bicyclic) bond motifs is 1. The SMILES string of the molecule is CN(C)C/C=C/C(=O)Nc1ccnc(-c2cccc3cnc(Nc4ccc(N5CCOC(CO)C5)cc4)nc23)c1. The minimum Gasteiger partial charge on any atom is -0.394 e. The summed E-state index contributed by atoms with van der Waals surface area (Å²) in [6, 6.07) is 17.5. The van der Waals surface area contributed by atoms with Crippen LogP contribution in [-0.2, 0) is 9.53 Å². The summed E-state index contributed by atoms with van der Waals surface area (Å²) in [5, 5.41) is 16.5. The van der Waals surface area contributed by atoms with Crippen molar-refractivity contribution >= 4 is 39.8 Å². The molecule has 1 unspecified atom stereocenters. The lowest BCUT2D eigenvalue weighted by atomic mass is 10.1. The van der Waals surface area contributed by atoms with Gasteiger partial charge in [-0.05, 0) is 50.5 Å². The molecule has 0 bridgehead atoms. The van der Waals surface area contributed by atoms with Crippen LogP contribution in [0.15, 0.2) is 79.1 Å². The number of pyridine rings is 1. The van der Waals surface area contributed by atoms with Crippen molar-refractivity contribution < 1.29 is 14.6 Å². The number of nitrogens with zero attached hydrogens (tertiary/aromatic N) is 5. The fourth-order valence-corrected chi connectivity index (χ4v) is 4.48. The van der Waals surface area contributed by atoms with Gasteiger partial charge in [-0.1, -0.05) is 24.3 Å². The number of hydrogen-bond acceptors (Lipinski definition) is 9. The van der Waals surface area contributed by atoms with Crippen LogP contribution in [0.25, 0.3) is 22.2 Å². The smallest absolute Gasteiger partial charge is 0.248 e. The molecule has 0 radical (unpaired) electrons. The molecule has 2 aromatic heterocycles. The molecule has 10 nitrogen and oxygen atoms in total. The van der Waals surface area contributed by atoms with Crippen molar-refractivity contribution in [1.29, 1.82) is 0 Å². The van der Waals surface area contributed by atoms with Gasteiger partial charge >= 0.3 is 0 Å². The second kappa shape index (κ2) is 12.6. The normalized spacial score (nSPS) is 15.6. The molecular formula is C30H33N7O3. The highest BCUT2D eigenvalue weighted by atomic mass is 16.5. The molecule has 5 rings (SSSR count). The second-order valence-corrected chi connectivity index (χ2v) is 9.81. The van der Waals surface area contributed by atoms with Gasteiger partial charge in [-0.3, -0.25) is 9.78 Å². The molecule has 40 heavy (non-hydrogen) atoms. The number of likely N-dealkylation sites (N-methyl/N-ethyl adjacent to an activating group) is 1. The summed E-state index contributed by atoms with van der Waals surface area (Å²) in [6.45, 7) is 2.73. The number of anilines is 4. The number of morpholine rings is 1. The second-order valence-electron chi connectivity index (χ2n) is 9.81. The zero-order chi connectivity index (χ0) is 27.9. The average Bonchev–Trinajstić information content (AvgIpc) is 2.97. The van der Waals surface area contributed by atoms with Crippen LogP contribution in [0, 0.1) is 0 Å². The number of rotatable bonds is 9. The molecule has 0 saturated carbocycles. The van der Waals surface area contributed by atoms with Crippen molar-refractivity contribution in [2.75, 3.05) is 62.5 Å². The van der Waals surface area contributed by atoms with Gasteiger partial charge in [0.2, 0.25) is 11.9 Å². The summed E-state index contributed by atoms with van der Waals surface area (Å²) >= 11 is 0. The fraction of sp³-hybridized carbons (Fsp3) is 0.267. The lowest BCUT2D eigenvalue weighted by Crippen LogP contribution is -2.44. The van der Waals surface area contributed by atoms with Gasteiger partial charge in [0.15, 0.2) is 0 Å². The van der Waals surface area contributed by atoms with E-state index in [2.05, 4.69) is 25.5 Å². The lowest BCUT2D eigenvalue weighted by molar-refractivity contribution is -0.111. The third-order valence-electron chi connectivity index (χ3n) is 6.49. The quantitative estimate of drug-likeness (QED) is 0.274. The van der Waals surface area contributed by atoms with Crippen LogP contribution in [-0.4, -0.2) is 83.9 Å². The van der Waals surface area contributed by atoms with E-state index in [1.54, 1.807) is 18.5 Å². The fourth-order valence-electron chi connectivity index (χ4n) is 4.48. The van der Waals surface area contributed by atoms with E-state index in [9.17, 15) is 9.90 Å². The van der Waals surface area contributed by atoms with Gasteiger partial charge in [-0.2, -0.15) is 0 Å². The van der Waals surface area contributed by atoms with Crippen molar-refractivity contribution in [2.45, 2.75) is 6.10 Å². The van der Waals surface area contributed by atoms with Gasteiger partial charge in [-0.25, -0.2) is 9.97 Å². The monoisotopic (exact) mass is 539 g/mol. The number of aliphatic hydroxyl groups is 1. The van der Waals surface area contributed by atoms with Crippen molar-refractivity contribution in [3.8, 4) is 11.3 Å². The Hall–Kier alpha value is -4.38. The van der Waals surface area contributed by atoms with Crippen molar-refractivity contribution in [3.05, 3.63) is 79.1 Å². The van der Waals surface area contributed by atoms with Gasteiger partial charge in [-0.15, -0.1) is 0 Å². The van der Waals surface area contributed by atoms with E-state index in [1.807, 2.05) is 73.6 Å². The third-order valence-corrected chi connectivity index (χ3v) is 6.49. The Bertz CT molecular complexity index is 1490. The molecule has 1 aliphatic rings. The lowest BCUT2D eigenvalue weighted by Gasteiger charge is -2.33. The molecule has 2 aromatic carbocycles. The summed E-state index contributed by atoms with van der Waals surface area (Å²) in [5.41, 5.74) is 4.86. The summed E-state index contributed by atoms with van der Waals surface area (Å²) in [7, 11) is 3.89. The zero-order valence-corrected chi connectivity index (χ0v) is 22.6. The molecule has 0 spiro atoms. The number of aromatic nitrogens is 3. The number of carbonyl (C=O) groups is 1. The molecule has 0 aliphatic carbocycles. The maximum absolute atomic E-state index is 12.3. The topological polar surface area (TPSA) is 116 Å². The predicted molar refractivity (Wildman–Crippen MR) is 158 cm³/mol. The van der Waals surface area contributed by atoms with E-state index in [0.29, 0.717) is 37.0 Å². The Balaban J connectivity index is 1.33. The first-order valence-corrected chi connectivity index (χ1v) is 13.2. The minimum absolute atomic E-state index is 0.0142. The third kappa shape index (κ3) is 6.78. The molecular weight excluding hydrogens is 506 g/mol. The van der Waals surface area contributed by atoms with Crippen molar-refractivity contribution in [3.63, 3.8) is 0 Å². The van der Waals surface area contributed by atoms with Crippen LogP contribution in [0.5, 0.6) is 0 Å². The van der Waals surface area contributed by atoms with Crippen LogP contribution in [0.3, 0.4) is 0 Å². The Morgan fingerprint density at radius 1 is 1.15 bits per heavy atom. The first-order valence-electron chi connectivity index (χ1n) is 13.2. The Labute approximate surface area is 233 Å².